The number of amides is 1. The molecule has 0 saturated carbocycles. The summed E-state index contributed by atoms with van der Waals surface area (Å²) in [6.07, 6.45) is -0.747. The summed E-state index contributed by atoms with van der Waals surface area (Å²) in [6, 6.07) is 11.3. The zero-order valence-corrected chi connectivity index (χ0v) is 14.3. The van der Waals surface area contributed by atoms with Crippen LogP contribution in [-0.4, -0.2) is 19.2 Å². The summed E-state index contributed by atoms with van der Waals surface area (Å²) in [5.41, 5.74) is 0.898. The van der Waals surface area contributed by atoms with Crippen molar-refractivity contribution in [3.63, 3.8) is 0 Å². The molecule has 0 spiro atoms. The average molecular weight is 429 g/mol. The van der Waals surface area contributed by atoms with Gasteiger partial charge in [0.15, 0.2) is 0 Å². The molecule has 0 aliphatic heterocycles. The molecule has 0 atom stereocenters. The van der Waals surface area contributed by atoms with Crippen molar-refractivity contribution >= 4 is 40.3 Å². The van der Waals surface area contributed by atoms with Gasteiger partial charge in [0.2, 0.25) is 0 Å². The molecule has 0 aliphatic carbocycles. The van der Waals surface area contributed by atoms with Crippen LogP contribution in [0.3, 0.4) is 0 Å². The fraction of sp³-hybridized carbons (Fsp3) is 0.125. The standard InChI is InChI=1S/C16H13FINO4/c1-22-15(20)12-7-11(17)8-13(18)14(12)19-16(21)23-9-10-5-3-2-4-6-10/h2-8H,9H2,1H3,(H,19,21). The Hall–Kier alpha value is -2.16. The van der Waals surface area contributed by atoms with Crippen molar-refractivity contribution in [3.8, 4) is 0 Å². The number of methoxy groups -OCH3 is 1. The molecule has 1 N–H and O–H groups in total. The van der Waals surface area contributed by atoms with Crippen LogP contribution >= 0.6 is 22.6 Å². The lowest BCUT2D eigenvalue weighted by Gasteiger charge is -2.12. The van der Waals surface area contributed by atoms with Gasteiger partial charge in [-0.3, -0.25) is 5.32 Å². The lowest BCUT2D eigenvalue weighted by molar-refractivity contribution is 0.0601. The summed E-state index contributed by atoms with van der Waals surface area (Å²) in [5, 5.41) is 2.46. The maximum Gasteiger partial charge on any atom is 0.412 e. The third-order valence-corrected chi connectivity index (χ3v) is 3.75. The Kier molecular flexibility index (Phi) is 5.91. The van der Waals surface area contributed by atoms with E-state index in [0.29, 0.717) is 3.57 Å². The summed E-state index contributed by atoms with van der Waals surface area (Å²) in [5.74, 6) is -1.35. The van der Waals surface area contributed by atoms with E-state index in [4.69, 9.17) is 4.74 Å². The molecule has 120 valence electrons. The molecule has 2 aromatic rings. The molecule has 23 heavy (non-hydrogen) atoms. The molecule has 5 nitrogen and oxygen atoms in total. The first-order chi connectivity index (χ1) is 11.0. The molecular weight excluding hydrogens is 416 g/mol. The van der Waals surface area contributed by atoms with E-state index in [0.717, 1.165) is 11.6 Å². The SMILES string of the molecule is COC(=O)c1cc(F)cc(I)c1NC(=O)OCc1ccccc1. The summed E-state index contributed by atoms with van der Waals surface area (Å²) in [6.45, 7) is 0.0814. The van der Waals surface area contributed by atoms with Gasteiger partial charge in [0, 0.05) is 3.57 Å². The molecule has 0 radical (unpaired) electrons. The number of anilines is 1. The van der Waals surface area contributed by atoms with Gasteiger partial charge in [-0.25, -0.2) is 14.0 Å². The Morgan fingerprint density at radius 1 is 1.22 bits per heavy atom. The van der Waals surface area contributed by atoms with Crippen molar-refractivity contribution in [1.82, 2.24) is 0 Å². The van der Waals surface area contributed by atoms with Crippen LogP contribution in [0.5, 0.6) is 0 Å². The molecule has 0 heterocycles. The number of halogens is 2. The van der Waals surface area contributed by atoms with E-state index < -0.39 is 17.9 Å². The molecular formula is C16H13FINO4. The highest BCUT2D eigenvalue weighted by atomic mass is 127. The van der Waals surface area contributed by atoms with Crippen LogP contribution in [0.15, 0.2) is 42.5 Å². The Balaban J connectivity index is 2.12. The minimum atomic E-state index is -0.749. The number of ether oxygens (including phenoxy) is 2. The molecule has 0 saturated heterocycles. The van der Waals surface area contributed by atoms with Gasteiger partial charge in [-0.15, -0.1) is 0 Å². The van der Waals surface area contributed by atoms with E-state index >= 15 is 0 Å². The van der Waals surface area contributed by atoms with Crippen molar-refractivity contribution < 1.29 is 23.5 Å². The third kappa shape index (κ3) is 4.65. The molecule has 1 amide bonds. The monoisotopic (exact) mass is 429 g/mol. The van der Waals surface area contributed by atoms with Crippen molar-refractivity contribution in [1.29, 1.82) is 0 Å². The summed E-state index contributed by atoms with van der Waals surface area (Å²) < 4.78 is 23.5. The van der Waals surface area contributed by atoms with E-state index in [1.165, 1.54) is 13.2 Å². The molecule has 0 bridgehead atoms. The number of benzene rings is 2. The van der Waals surface area contributed by atoms with Gasteiger partial charge in [0.1, 0.15) is 12.4 Å². The number of rotatable bonds is 4. The quantitative estimate of drug-likeness (QED) is 0.591. The van der Waals surface area contributed by atoms with Crippen LogP contribution in [-0.2, 0) is 16.1 Å². The van der Waals surface area contributed by atoms with E-state index in [2.05, 4.69) is 10.1 Å². The average Bonchev–Trinajstić information content (AvgIpc) is 2.55. The maximum absolute atomic E-state index is 13.5. The highest BCUT2D eigenvalue weighted by molar-refractivity contribution is 14.1. The van der Waals surface area contributed by atoms with Crippen LogP contribution in [0.4, 0.5) is 14.9 Å². The van der Waals surface area contributed by atoms with Gasteiger partial charge in [-0.2, -0.15) is 0 Å². The number of carbonyl (C=O) groups is 2. The number of carbonyl (C=O) groups excluding carboxylic acids is 2. The van der Waals surface area contributed by atoms with Gasteiger partial charge in [0.05, 0.1) is 18.4 Å². The minimum absolute atomic E-state index is 0.0754. The predicted octanol–water partition coefficient (Wildman–Crippen LogP) is 3.97. The highest BCUT2D eigenvalue weighted by Crippen LogP contribution is 2.25. The van der Waals surface area contributed by atoms with E-state index in [9.17, 15) is 14.0 Å². The maximum atomic E-state index is 13.5. The first-order valence-electron chi connectivity index (χ1n) is 6.56. The zero-order valence-electron chi connectivity index (χ0n) is 12.1. The van der Waals surface area contributed by atoms with Gasteiger partial charge in [0.25, 0.3) is 0 Å². The molecule has 2 aromatic carbocycles. The summed E-state index contributed by atoms with van der Waals surface area (Å²) in [4.78, 5) is 23.6. The lowest BCUT2D eigenvalue weighted by atomic mass is 10.1. The Labute approximate surface area is 145 Å². The molecule has 2 rings (SSSR count). The fourth-order valence-corrected chi connectivity index (χ4v) is 2.56. The Morgan fingerprint density at radius 2 is 1.91 bits per heavy atom. The first kappa shape index (κ1) is 17.2. The van der Waals surface area contributed by atoms with Crippen LogP contribution in [0.2, 0.25) is 0 Å². The molecule has 0 aliphatic rings. The minimum Gasteiger partial charge on any atom is -0.465 e. The molecule has 0 fully saturated rings. The van der Waals surface area contributed by atoms with Gasteiger partial charge >= 0.3 is 12.1 Å². The highest BCUT2D eigenvalue weighted by Gasteiger charge is 2.19. The first-order valence-corrected chi connectivity index (χ1v) is 7.64. The van der Waals surface area contributed by atoms with E-state index in [1.807, 2.05) is 52.9 Å². The van der Waals surface area contributed by atoms with Crippen molar-refractivity contribution in [2.45, 2.75) is 6.61 Å². The number of hydrogen-bond donors (Lipinski definition) is 1. The Bertz CT molecular complexity index is 722. The van der Waals surface area contributed by atoms with Crippen molar-refractivity contribution in [3.05, 3.63) is 63.0 Å². The van der Waals surface area contributed by atoms with Crippen LogP contribution in [0, 0.1) is 9.39 Å². The van der Waals surface area contributed by atoms with Gasteiger partial charge < -0.3 is 9.47 Å². The Morgan fingerprint density at radius 3 is 2.57 bits per heavy atom. The normalized spacial score (nSPS) is 10.0. The molecule has 0 unspecified atom stereocenters. The van der Waals surface area contributed by atoms with Crippen LogP contribution in [0.1, 0.15) is 15.9 Å². The van der Waals surface area contributed by atoms with E-state index in [-0.39, 0.29) is 17.9 Å². The van der Waals surface area contributed by atoms with Crippen LogP contribution in [0.25, 0.3) is 0 Å². The van der Waals surface area contributed by atoms with Crippen LogP contribution < -0.4 is 5.32 Å². The second-order valence-corrected chi connectivity index (χ2v) is 5.65. The summed E-state index contributed by atoms with van der Waals surface area (Å²) >= 11 is 1.82. The third-order valence-electron chi connectivity index (χ3n) is 2.90. The lowest BCUT2D eigenvalue weighted by Crippen LogP contribution is -2.18. The fourth-order valence-electron chi connectivity index (χ4n) is 1.83. The van der Waals surface area contributed by atoms with Gasteiger partial charge in [-0.1, -0.05) is 30.3 Å². The van der Waals surface area contributed by atoms with Gasteiger partial charge in [-0.05, 0) is 40.3 Å². The van der Waals surface area contributed by atoms with Crippen molar-refractivity contribution in [2.75, 3.05) is 12.4 Å². The smallest absolute Gasteiger partial charge is 0.412 e. The molecule has 0 aromatic heterocycles. The summed E-state index contributed by atoms with van der Waals surface area (Å²) in [7, 11) is 1.18. The van der Waals surface area contributed by atoms with Crippen molar-refractivity contribution in [2.24, 2.45) is 0 Å². The largest absolute Gasteiger partial charge is 0.465 e. The zero-order chi connectivity index (χ0) is 16.8. The second-order valence-electron chi connectivity index (χ2n) is 4.49. The number of esters is 1. The molecule has 7 heteroatoms. The number of hydrogen-bond acceptors (Lipinski definition) is 4. The predicted molar refractivity (Wildman–Crippen MR) is 90.7 cm³/mol. The second kappa shape index (κ2) is 7.91. The van der Waals surface area contributed by atoms with E-state index in [1.54, 1.807) is 0 Å². The number of nitrogens with one attached hydrogen (secondary N) is 1. The topological polar surface area (TPSA) is 64.6 Å².